The first kappa shape index (κ1) is 19.0. The third-order valence-electron chi connectivity index (χ3n) is 3.59. The van der Waals surface area contributed by atoms with E-state index in [9.17, 15) is 27.2 Å². The van der Waals surface area contributed by atoms with Crippen LogP contribution in [0.25, 0.3) is 0 Å². The van der Waals surface area contributed by atoms with Crippen LogP contribution in [0.2, 0.25) is 0 Å². The Morgan fingerprint density at radius 2 is 1.25 bits per heavy atom. The molecule has 142 valence electrons. The fraction of sp³-hybridized carbons (Fsp3) is 0. The predicted octanol–water partition coefficient (Wildman–Crippen LogP) is 4.14. The molecule has 0 fully saturated rings. The van der Waals surface area contributed by atoms with Gasteiger partial charge in [0.2, 0.25) is 0 Å². The van der Waals surface area contributed by atoms with Gasteiger partial charge >= 0.3 is 0 Å². The van der Waals surface area contributed by atoms with E-state index in [-0.39, 0.29) is 17.1 Å². The lowest BCUT2D eigenvalue weighted by molar-refractivity contribution is 0.101. The number of benzene rings is 2. The number of pyridine rings is 1. The summed E-state index contributed by atoms with van der Waals surface area (Å²) in [5.41, 5.74) is -1.16. The number of carbonyl (C=O) groups is 2. The SMILES string of the molecule is O=C(Nc1ccc(F)c(F)c1)c1cccc(C(=O)Nc2c(F)cccc2F)n1. The zero-order chi connectivity index (χ0) is 20.3. The Morgan fingerprint density at radius 3 is 1.86 bits per heavy atom. The molecule has 3 aromatic rings. The van der Waals surface area contributed by atoms with Crippen molar-refractivity contribution in [3.63, 3.8) is 0 Å². The van der Waals surface area contributed by atoms with E-state index in [4.69, 9.17) is 0 Å². The molecule has 3 rings (SSSR count). The summed E-state index contributed by atoms with van der Waals surface area (Å²) in [6.45, 7) is 0. The van der Waals surface area contributed by atoms with Gasteiger partial charge in [-0.15, -0.1) is 0 Å². The number of amides is 2. The molecule has 0 aliphatic rings. The molecule has 9 heteroatoms. The Kier molecular flexibility index (Phi) is 5.35. The highest BCUT2D eigenvalue weighted by molar-refractivity contribution is 6.06. The molecule has 0 aliphatic heterocycles. The van der Waals surface area contributed by atoms with Gasteiger partial charge in [-0.3, -0.25) is 9.59 Å². The van der Waals surface area contributed by atoms with Gasteiger partial charge in [0, 0.05) is 11.8 Å². The molecule has 28 heavy (non-hydrogen) atoms. The van der Waals surface area contributed by atoms with E-state index in [2.05, 4.69) is 10.3 Å². The van der Waals surface area contributed by atoms with Crippen LogP contribution < -0.4 is 10.6 Å². The van der Waals surface area contributed by atoms with Gasteiger partial charge in [0.25, 0.3) is 11.8 Å². The van der Waals surface area contributed by atoms with Crippen molar-refractivity contribution in [2.45, 2.75) is 0 Å². The molecular weight excluding hydrogens is 378 g/mol. The molecule has 0 atom stereocenters. The van der Waals surface area contributed by atoms with Gasteiger partial charge < -0.3 is 10.6 Å². The second-order valence-corrected chi connectivity index (χ2v) is 5.54. The van der Waals surface area contributed by atoms with Crippen LogP contribution in [0.15, 0.2) is 54.6 Å². The summed E-state index contributed by atoms with van der Waals surface area (Å²) in [6.07, 6.45) is 0. The molecule has 1 aromatic heterocycles. The molecule has 5 nitrogen and oxygen atoms in total. The van der Waals surface area contributed by atoms with Crippen molar-refractivity contribution >= 4 is 23.2 Å². The fourth-order valence-corrected chi connectivity index (χ4v) is 2.25. The van der Waals surface area contributed by atoms with Gasteiger partial charge in [0.05, 0.1) is 0 Å². The Labute approximate surface area is 156 Å². The Balaban J connectivity index is 1.78. The molecule has 0 saturated heterocycles. The predicted molar refractivity (Wildman–Crippen MR) is 92.9 cm³/mol. The number of nitrogens with one attached hydrogen (secondary N) is 2. The minimum Gasteiger partial charge on any atom is -0.321 e. The molecule has 0 radical (unpaired) electrons. The topological polar surface area (TPSA) is 71.1 Å². The monoisotopic (exact) mass is 389 g/mol. The van der Waals surface area contributed by atoms with Crippen molar-refractivity contribution in [1.82, 2.24) is 4.98 Å². The standard InChI is InChI=1S/C19H11F4N3O2/c20-11-8-7-10(9-14(11)23)24-18(27)15-5-2-6-16(25-15)19(28)26-17-12(21)3-1-4-13(17)22/h1-9H,(H,24,27)(H,26,28). The number of carbonyl (C=O) groups excluding carboxylic acids is 2. The Bertz CT molecular complexity index is 1050. The van der Waals surface area contributed by atoms with Crippen LogP contribution >= 0.6 is 0 Å². The fourth-order valence-electron chi connectivity index (χ4n) is 2.25. The highest BCUT2D eigenvalue weighted by atomic mass is 19.2. The van der Waals surface area contributed by atoms with Gasteiger partial charge in [0.15, 0.2) is 11.6 Å². The molecule has 0 spiro atoms. The highest BCUT2D eigenvalue weighted by Gasteiger charge is 2.16. The van der Waals surface area contributed by atoms with Crippen molar-refractivity contribution in [2.75, 3.05) is 10.6 Å². The second-order valence-electron chi connectivity index (χ2n) is 5.54. The summed E-state index contributed by atoms with van der Waals surface area (Å²) in [4.78, 5) is 28.2. The lowest BCUT2D eigenvalue weighted by Crippen LogP contribution is -2.19. The van der Waals surface area contributed by atoms with Crippen LogP contribution in [-0.4, -0.2) is 16.8 Å². The van der Waals surface area contributed by atoms with Crippen molar-refractivity contribution in [2.24, 2.45) is 0 Å². The van der Waals surface area contributed by atoms with E-state index in [1.807, 2.05) is 5.32 Å². The lowest BCUT2D eigenvalue weighted by atomic mass is 10.2. The molecule has 0 unspecified atom stereocenters. The number of nitrogens with zero attached hydrogens (tertiary/aromatic N) is 1. The normalized spacial score (nSPS) is 10.4. The third kappa shape index (κ3) is 4.14. The minimum absolute atomic E-state index is 0.0195. The van der Waals surface area contributed by atoms with Crippen LogP contribution in [-0.2, 0) is 0 Å². The summed E-state index contributed by atoms with van der Waals surface area (Å²) in [5, 5.41) is 4.35. The number of para-hydroxylation sites is 1. The summed E-state index contributed by atoms with van der Waals surface area (Å²) < 4.78 is 53.4. The first-order valence-corrected chi connectivity index (χ1v) is 7.84. The summed E-state index contributed by atoms with van der Waals surface area (Å²) >= 11 is 0. The first-order chi connectivity index (χ1) is 13.3. The summed E-state index contributed by atoms with van der Waals surface area (Å²) in [6, 6.07) is 9.69. The van der Waals surface area contributed by atoms with Crippen LogP contribution in [0.3, 0.4) is 0 Å². The van der Waals surface area contributed by atoms with Gasteiger partial charge in [0.1, 0.15) is 28.7 Å². The van der Waals surface area contributed by atoms with E-state index in [0.29, 0.717) is 0 Å². The van der Waals surface area contributed by atoms with E-state index < -0.39 is 40.8 Å². The van der Waals surface area contributed by atoms with E-state index in [0.717, 1.165) is 36.4 Å². The molecular formula is C19H11F4N3O2. The number of halogens is 4. The molecule has 2 aromatic carbocycles. The molecule has 1 heterocycles. The smallest absolute Gasteiger partial charge is 0.274 e. The lowest BCUT2D eigenvalue weighted by Gasteiger charge is -2.09. The molecule has 2 N–H and O–H groups in total. The van der Waals surface area contributed by atoms with Gasteiger partial charge in [-0.1, -0.05) is 12.1 Å². The average molecular weight is 389 g/mol. The highest BCUT2D eigenvalue weighted by Crippen LogP contribution is 2.19. The molecule has 0 aliphatic carbocycles. The summed E-state index contributed by atoms with van der Waals surface area (Å²) in [5.74, 6) is -5.90. The van der Waals surface area contributed by atoms with E-state index in [1.54, 1.807) is 0 Å². The second kappa shape index (κ2) is 7.87. The molecule has 0 saturated carbocycles. The zero-order valence-corrected chi connectivity index (χ0v) is 14.0. The largest absolute Gasteiger partial charge is 0.321 e. The van der Waals surface area contributed by atoms with Crippen LogP contribution in [0.4, 0.5) is 28.9 Å². The van der Waals surface area contributed by atoms with Crippen LogP contribution in [0.1, 0.15) is 21.0 Å². The van der Waals surface area contributed by atoms with E-state index in [1.165, 1.54) is 18.2 Å². The maximum absolute atomic E-state index is 13.6. The molecule has 0 bridgehead atoms. The zero-order valence-electron chi connectivity index (χ0n) is 14.0. The van der Waals surface area contributed by atoms with Gasteiger partial charge in [-0.2, -0.15) is 0 Å². The van der Waals surface area contributed by atoms with Crippen molar-refractivity contribution in [3.8, 4) is 0 Å². The van der Waals surface area contributed by atoms with Crippen molar-refractivity contribution in [3.05, 3.63) is 89.3 Å². The van der Waals surface area contributed by atoms with Crippen LogP contribution in [0.5, 0.6) is 0 Å². The maximum atomic E-state index is 13.6. The summed E-state index contributed by atoms with van der Waals surface area (Å²) in [7, 11) is 0. The minimum atomic E-state index is -1.15. The van der Waals surface area contributed by atoms with E-state index >= 15 is 0 Å². The Hall–Kier alpha value is -3.75. The number of rotatable bonds is 4. The number of aromatic nitrogens is 1. The van der Waals surface area contributed by atoms with Gasteiger partial charge in [-0.05, 0) is 36.4 Å². The molecule has 2 amide bonds. The quantitative estimate of drug-likeness (QED) is 0.659. The number of hydrogen-bond acceptors (Lipinski definition) is 3. The van der Waals surface area contributed by atoms with Crippen LogP contribution in [0, 0.1) is 23.3 Å². The van der Waals surface area contributed by atoms with Crippen molar-refractivity contribution in [1.29, 1.82) is 0 Å². The van der Waals surface area contributed by atoms with Gasteiger partial charge in [-0.25, -0.2) is 22.5 Å². The number of anilines is 2. The maximum Gasteiger partial charge on any atom is 0.274 e. The average Bonchev–Trinajstić information content (AvgIpc) is 2.67. The third-order valence-corrected chi connectivity index (χ3v) is 3.59. The Morgan fingerprint density at radius 1 is 0.679 bits per heavy atom. The van der Waals surface area contributed by atoms with Crippen molar-refractivity contribution < 1.29 is 27.2 Å². The number of hydrogen-bond donors (Lipinski definition) is 2. The first-order valence-electron chi connectivity index (χ1n) is 7.84.